The molecule has 1 aromatic heterocycles. The van der Waals surface area contributed by atoms with Crippen LogP contribution in [0.15, 0.2) is 24.9 Å². The van der Waals surface area contributed by atoms with Crippen LogP contribution in [0.4, 0.5) is 0 Å². The van der Waals surface area contributed by atoms with Gasteiger partial charge in [0.1, 0.15) is 17.6 Å². The van der Waals surface area contributed by atoms with Gasteiger partial charge in [0.25, 0.3) is 0 Å². The van der Waals surface area contributed by atoms with Gasteiger partial charge < -0.3 is 24.3 Å². The molecule has 3 fully saturated rings. The molecule has 0 aromatic carbocycles. The summed E-state index contributed by atoms with van der Waals surface area (Å²) in [6.07, 6.45) is 5.41. The topological polar surface area (TPSA) is 115 Å². The molecule has 2 heterocycles. The lowest BCUT2D eigenvalue weighted by molar-refractivity contribution is -0.207. The van der Waals surface area contributed by atoms with Crippen molar-refractivity contribution < 1.29 is 33.8 Å². The number of fused-ring (bicyclic) bond motifs is 1. The van der Waals surface area contributed by atoms with Gasteiger partial charge in [-0.05, 0) is 49.0 Å². The average Bonchev–Trinajstić information content (AvgIpc) is 3.43. The Morgan fingerprint density at radius 3 is 2.84 bits per heavy atom. The summed E-state index contributed by atoms with van der Waals surface area (Å²) in [7, 11) is -1.06. The molecule has 0 saturated heterocycles. The maximum absolute atomic E-state index is 13.5. The predicted octanol–water partition coefficient (Wildman–Crippen LogP) is 2.58. The van der Waals surface area contributed by atoms with Crippen LogP contribution in [0.5, 0.6) is 5.75 Å². The van der Waals surface area contributed by atoms with E-state index in [-0.39, 0.29) is 42.2 Å². The van der Waals surface area contributed by atoms with Crippen molar-refractivity contribution in [2.75, 3.05) is 6.61 Å². The van der Waals surface area contributed by atoms with Crippen LogP contribution in [0.1, 0.15) is 65.5 Å². The van der Waals surface area contributed by atoms with E-state index in [1.807, 2.05) is 6.92 Å². The van der Waals surface area contributed by atoms with Gasteiger partial charge >= 0.3 is 13.1 Å². The first kappa shape index (κ1) is 26.4. The molecule has 2 N–H and O–H groups in total. The monoisotopic (exact) mass is 511 g/mol. The first-order valence-electron chi connectivity index (χ1n) is 13.4. The standard InChI is InChI=1S/C28H38BNO7/c1-6-26(4)12-22(37-23(32)15-35-18-11-19-20(30-13-18)14-36-29(19)34)27(5)16(2)7-9-28(17(3)25(26)33)10-8-21(31)24(27)28/h6,11,13,16-17,22,24-25,33-34H,1,7-10,12,14-15H2,2-5H3/t16-,17+,22-,24+,25+,26-,27+,28+/m1/s1. The van der Waals surface area contributed by atoms with Crippen LogP contribution in [-0.4, -0.2) is 52.8 Å². The van der Waals surface area contributed by atoms with Crippen LogP contribution < -0.4 is 10.2 Å². The minimum atomic E-state index is -1.06. The van der Waals surface area contributed by atoms with E-state index in [1.165, 1.54) is 6.20 Å². The molecule has 8 nitrogen and oxygen atoms in total. The second kappa shape index (κ2) is 9.21. The van der Waals surface area contributed by atoms with Crippen molar-refractivity contribution in [2.45, 2.75) is 78.6 Å². The quantitative estimate of drug-likeness (QED) is 0.352. The molecule has 200 valence electrons. The maximum Gasteiger partial charge on any atom is 0.493 e. The number of rotatable bonds is 5. The van der Waals surface area contributed by atoms with Crippen LogP contribution in [-0.2, 0) is 25.6 Å². The molecule has 0 radical (unpaired) electrons. The van der Waals surface area contributed by atoms with Crippen molar-refractivity contribution >= 4 is 24.3 Å². The highest BCUT2D eigenvalue weighted by Crippen LogP contribution is 2.68. The number of aliphatic hydroxyl groups is 1. The molecular formula is C28H38BNO7. The van der Waals surface area contributed by atoms with Crippen LogP contribution in [0.2, 0.25) is 0 Å². The average molecular weight is 511 g/mol. The number of nitrogens with zero attached hydrogens (tertiary/aromatic N) is 1. The molecule has 4 aliphatic rings. The number of ether oxygens (including phenoxy) is 2. The van der Waals surface area contributed by atoms with Crippen molar-refractivity contribution in [1.29, 1.82) is 0 Å². The number of hydrogen-bond acceptors (Lipinski definition) is 8. The fraction of sp³-hybridized carbons (Fsp3) is 0.679. The van der Waals surface area contributed by atoms with Gasteiger partial charge in [0.05, 0.1) is 24.6 Å². The summed E-state index contributed by atoms with van der Waals surface area (Å²) >= 11 is 0. The second-order valence-corrected chi connectivity index (χ2v) is 12.2. The van der Waals surface area contributed by atoms with E-state index in [9.17, 15) is 19.7 Å². The zero-order valence-electron chi connectivity index (χ0n) is 22.2. The molecule has 0 spiro atoms. The van der Waals surface area contributed by atoms with Gasteiger partial charge in [-0.3, -0.25) is 9.78 Å². The molecule has 8 atom stereocenters. The van der Waals surface area contributed by atoms with Crippen molar-refractivity contribution in [1.82, 2.24) is 4.98 Å². The van der Waals surface area contributed by atoms with E-state index < -0.39 is 36.1 Å². The number of carbonyl (C=O) groups is 2. The molecule has 2 bridgehead atoms. The van der Waals surface area contributed by atoms with E-state index in [4.69, 9.17) is 14.1 Å². The van der Waals surface area contributed by atoms with Gasteiger partial charge in [-0.1, -0.05) is 33.8 Å². The first-order chi connectivity index (χ1) is 17.5. The Labute approximate surface area is 218 Å². The third-order valence-electron chi connectivity index (χ3n) is 10.6. The fourth-order valence-electron chi connectivity index (χ4n) is 7.99. The molecule has 9 heteroatoms. The van der Waals surface area contributed by atoms with Gasteiger partial charge in [-0.15, -0.1) is 6.58 Å². The van der Waals surface area contributed by atoms with E-state index in [2.05, 4.69) is 32.3 Å². The third kappa shape index (κ3) is 3.96. The maximum atomic E-state index is 13.5. The SMILES string of the molecule is C=C[C@]1(C)C[C@@H](OC(=O)COc2cnc3c(c2)B(O)OC3)[C@]2(C)[C@H](C)CC[C@]3(CCC(=O)[C@H]32)[C@@H](C)[C@@H]1O. The van der Waals surface area contributed by atoms with Crippen LogP contribution in [0, 0.1) is 34.0 Å². The summed E-state index contributed by atoms with van der Waals surface area (Å²) in [4.78, 5) is 30.9. The van der Waals surface area contributed by atoms with Crippen molar-refractivity contribution in [3.63, 3.8) is 0 Å². The number of pyridine rings is 1. The molecule has 0 amide bonds. The summed E-state index contributed by atoms with van der Waals surface area (Å²) in [5, 5.41) is 21.5. The lowest BCUT2D eigenvalue weighted by atomic mass is 9.44. The fourth-order valence-corrected chi connectivity index (χ4v) is 7.99. The lowest BCUT2D eigenvalue weighted by Gasteiger charge is -2.61. The third-order valence-corrected chi connectivity index (χ3v) is 10.6. The van der Waals surface area contributed by atoms with Crippen molar-refractivity contribution in [2.24, 2.45) is 34.0 Å². The predicted molar refractivity (Wildman–Crippen MR) is 137 cm³/mol. The van der Waals surface area contributed by atoms with Crippen LogP contribution in [0.3, 0.4) is 0 Å². The highest BCUT2D eigenvalue weighted by molar-refractivity contribution is 6.61. The number of ketones is 1. The largest absolute Gasteiger partial charge is 0.493 e. The molecule has 0 unspecified atom stereocenters. The number of aromatic nitrogens is 1. The molecule has 3 saturated carbocycles. The summed E-state index contributed by atoms with van der Waals surface area (Å²) in [5.41, 5.74) is -0.417. The van der Waals surface area contributed by atoms with Gasteiger partial charge in [-0.2, -0.15) is 0 Å². The number of Topliss-reactive ketones (excluding diaryl/α,β-unsaturated/α-hetero) is 1. The minimum Gasteiger partial charge on any atom is -0.480 e. The summed E-state index contributed by atoms with van der Waals surface area (Å²) < 4.78 is 17.0. The highest BCUT2D eigenvalue weighted by atomic mass is 16.6. The summed E-state index contributed by atoms with van der Waals surface area (Å²) in [6, 6.07) is 1.62. The Bertz CT molecular complexity index is 1110. The lowest BCUT2D eigenvalue weighted by Crippen LogP contribution is -2.63. The Hall–Kier alpha value is -2.23. The van der Waals surface area contributed by atoms with E-state index in [0.29, 0.717) is 29.7 Å². The molecule has 37 heavy (non-hydrogen) atoms. The Morgan fingerprint density at radius 2 is 2.11 bits per heavy atom. The zero-order valence-corrected chi connectivity index (χ0v) is 22.2. The van der Waals surface area contributed by atoms with E-state index in [0.717, 1.165) is 19.3 Å². The highest BCUT2D eigenvalue weighted by Gasteiger charge is 2.68. The molecule has 1 aromatic rings. The Balaban J connectivity index is 1.43. The smallest absolute Gasteiger partial charge is 0.480 e. The summed E-state index contributed by atoms with van der Waals surface area (Å²) in [6.45, 7) is 12.3. The number of aliphatic hydroxyl groups excluding tert-OH is 1. The normalized spacial score (nSPS) is 40.9. The van der Waals surface area contributed by atoms with Crippen LogP contribution in [0.25, 0.3) is 0 Å². The summed E-state index contributed by atoms with van der Waals surface area (Å²) in [5.74, 6) is -0.190. The van der Waals surface area contributed by atoms with Crippen LogP contribution >= 0.6 is 0 Å². The van der Waals surface area contributed by atoms with Gasteiger partial charge in [0.15, 0.2) is 6.61 Å². The van der Waals surface area contributed by atoms with Crippen molar-refractivity contribution in [3.05, 3.63) is 30.6 Å². The molecular weight excluding hydrogens is 473 g/mol. The molecule has 5 rings (SSSR count). The second-order valence-electron chi connectivity index (χ2n) is 12.2. The zero-order chi connectivity index (χ0) is 26.8. The van der Waals surface area contributed by atoms with E-state index in [1.54, 1.807) is 12.1 Å². The first-order valence-corrected chi connectivity index (χ1v) is 13.4. The van der Waals surface area contributed by atoms with Gasteiger partial charge in [0.2, 0.25) is 0 Å². The molecule has 3 aliphatic carbocycles. The molecule has 1 aliphatic heterocycles. The van der Waals surface area contributed by atoms with Gasteiger partial charge in [0, 0.05) is 28.6 Å². The van der Waals surface area contributed by atoms with Crippen molar-refractivity contribution in [3.8, 4) is 5.75 Å². The number of carbonyl (C=O) groups excluding carboxylic acids is 2. The number of esters is 1. The number of hydrogen-bond donors (Lipinski definition) is 2. The van der Waals surface area contributed by atoms with E-state index >= 15 is 0 Å². The van der Waals surface area contributed by atoms with Gasteiger partial charge in [-0.25, -0.2) is 4.79 Å². The Kier molecular flexibility index (Phi) is 6.57. The minimum absolute atomic E-state index is 0.0783. The Morgan fingerprint density at radius 1 is 1.35 bits per heavy atom.